The summed E-state index contributed by atoms with van der Waals surface area (Å²) in [6.07, 6.45) is 0. The topological polar surface area (TPSA) is 93.9 Å². The zero-order valence-corrected chi connectivity index (χ0v) is 20.5. The summed E-state index contributed by atoms with van der Waals surface area (Å²) in [6, 6.07) is 24.1. The number of H-pyrrole nitrogens is 1. The lowest BCUT2D eigenvalue weighted by Gasteiger charge is -2.06. The summed E-state index contributed by atoms with van der Waals surface area (Å²) in [6.45, 7) is 0. The van der Waals surface area contributed by atoms with Crippen molar-refractivity contribution in [2.24, 2.45) is 0 Å². The van der Waals surface area contributed by atoms with E-state index >= 15 is 0 Å². The molecular formula is C26H17N7OS2. The van der Waals surface area contributed by atoms with Crippen LogP contribution in [0.25, 0.3) is 59.8 Å². The lowest BCUT2D eigenvalue weighted by atomic mass is 10.1. The molecule has 0 amide bonds. The van der Waals surface area contributed by atoms with Crippen molar-refractivity contribution in [3.8, 4) is 49.7 Å². The number of nitrogens with one attached hydrogen (secondary N) is 1. The molecule has 5 aromatic heterocycles. The molecule has 174 valence electrons. The van der Waals surface area contributed by atoms with Crippen LogP contribution in [0.5, 0.6) is 5.75 Å². The average Bonchev–Trinajstić information content (AvgIpc) is 3.72. The standard InChI is InChI=1S/C26H17N7OS2/c1-34-16-10-8-15(9-11-16)20-14-22(29-28-20)24-30-31-26-33(24)32-25(36-26)18-13-21(23-7-4-12-35-23)27-19-6-3-2-5-17(18)19/h2-14H,1H3,(H,28,29). The Kier molecular flexibility index (Phi) is 4.86. The van der Waals surface area contributed by atoms with Crippen LogP contribution < -0.4 is 4.74 Å². The summed E-state index contributed by atoms with van der Waals surface area (Å²) < 4.78 is 7.02. The minimum atomic E-state index is 0.608. The van der Waals surface area contributed by atoms with E-state index in [0.29, 0.717) is 10.8 Å². The minimum Gasteiger partial charge on any atom is -0.497 e. The normalized spacial score (nSPS) is 11.5. The van der Waals surface area contributed by atoms with Crippen molar-refractivity contribution in [1.29, 1.82) is 0 Å². The van der Waals surface area contributed by atoms with Crippen molar-refractivity contribution in [3.05, 3.63) is 78.2 Å². The number of benzene rings is 2. The highest BCUT2D eigenvalue weighted by molar-refractivity contribution is 7.20. The molecule has 0 saturated carbocycles. The lowest BCUT2D eigenvalue weighted by molar-refractivity contribution is 0.415. The van der Waals surface area contributed by atoms with Gasteiger partial charge in [0.2, 0.25) is 10.8 Å². The summed E-state index contributed by atoms with van der Waals surface area (Å²) >= 11 is 3.17. The molecule has 0 bridgehead atoms. The molecule has 10 heteroatoms. The Labute approximate surface area is 212 Å². The van der Waals surface area contributed by atoms with Crippen molar-refractivity contribution in [2.75, 3.05) is 7.11 Å². The van der Waals surface area contributed by atoms with Gasteiger partial charge in [0.25, 0.3) is 0 Å². The van der Waals surface area contributed by atoms with E-state index in [4.69, 9.17) is 14.8 Å². The second-order valence-electron chi connectivity index (χ2n) is 8.07. The van der Waals surface area contributed by atoms with Crippen LogP contribution in [0.15, 0.2) is 78.2 Å². The van der Waals surface area contributed by atoms with Crippen molar-refractivity contribution in [3.63, 3.8) is 0 Å². The number of rotatable bonds is 5. The van der Waals surface area contributed by atoms with Crippen LogP contribution in [0.3, 0.4) is 0 Å². The van der Waals surface area contributed by atoms with E-state index in [9.17, 15) is 0 Å². The van der Waals surface area contributed by atoms with Crippen LogP contribution >= 0.6 is 22.7 Å². The van der Waals surface area contributed by atoms with Crippen LogP contribution in [-0.2, 0) is 0 Å². The zero-order valence-electron chi connectivity index (χ0n) is 18.9. The highest BCUT2D eigenvalue weighted by Gasteiger charge is 2.19. The number of fused-ring (bicyclic) bond motifs is 2. The zero-order chi connectivity index (χ0) is 24.1. The Morgan fingerprint density at radius 1 is 0.917 bits per heavy atom. The predicted molar refractivity (Wildman–Crippen MR) is 142 cm³/mol. The molecule has 8 nitrogen and oxygen atoms in total. The van der Waals surface area contributed by atoms with Crippen LogP contribution in [0.2, 0.25) is 0 Å². The molecule has 1 N–H and O–H groups in total. The molecule has 36 heavy (non-hydrogen) atoms. The number of hydrogen-bond donors (Lipinski definition) is 1. The highest BCUT2D eigenvalue weighted by atomic mass is 32.1. The van der Waals surface area contributed by atoms with Crippen LogP contribution in [0, 0.1) is 0 Å². The quantitative estimate of drug-likeness (QED) is 0.298. The van der Waals surface area contributed by atoms with Crippen molar-refractivity contribution >= 4 is 38.5 Å². The van der Waals surface area contributed by atoms with Gasteiger partial charge in [-0.15, -0.1) is 21.5 Å². The number of thiophene rings is 1. The van der Waals surface area contributed by atoms with E-state index in [1.807, 2.05) is 54.6 Å². The first-order chi connectivity index (χ1) is 17.8. The fourth-order valence-corrected chi connectivity index (χ4v) is 5.70. The number of nitrogens with zero attached hydrogens (tertiary/aromatic N) is 6. The van der Waals surface area contributed by atoms with E-state index < -0.39 is 0 Å². The van der Waals surface area contributed by atoms with Gasteiger partial charge in [0.15, 0.2) is 0 Å². The third kappa shape index (κ3) is 3.46. The van der Waals surface area contributed by atoms with Crippen molar-refractivity contribution in [1.82, 2.24) is 35.0 Å². The van der Waals surface area contributed by atoms with Crippen molar-refractivity contribution in [2.45, 2.75) is 0 Å². The van der Waals surface area contributed by atoms with Gasteiger partial charge in [-0.1, -0.05) is 35.6 Å². The molecule has 0 spiro atoms. The Balaban J connectivity index is 1.32. The summed E-state index contributed by atoms with van der Waals surface area (Å²) in [5.41, 5.74) is 5.41. The second-order valence-corrected chi connectivity index (χ2v) is 9.97. The van der Waals surface area contributed by atoms with E-state index in [0.717, 1.165) is 54.7 Å². The first-order valence-corrected chi connectivity index (χ1v) is 12.8. The van der Waals surface area contributed by atoms with E-state index in [2.05, 4.69) is 44.0 Å². The smallest absolute Gasteiger partial charge is 0.235 e. The van der Waals surface area contributed by atoms with Crippen molar-refractivity contribution < 1.29 is 4.74 Å². The number of aromatic nitrogens is 7. The Morgan fingerprint density at radius 2 is 1.81 bits per heavy atom. The average molecular weight is 508 g/mol. The van der Waals surface area contributed by atoms with Gasteiger partial charge in [0.1, 0.15) is 16.5 Å². The van der Waals surface area contributed by atoms with Gasteiger partial charge in [-0.3, -0.25) is 5.10 Å². The molecule has 7 aromatic rings. The maximum Gasteiger partial charge on any atom is 0.235 e. The molecule has 5 heterocycles. The Bertz CT molecular complexity index is 1830. The SMILES string of the molecule is COc1ccc(-c2cc(-c3nnc4sc(-c5cc(-c6cccs6)nc6ccccc56)nn34)[nH]n2)cc1. The number of para-hydroxylation sites is 1. The first kappa shape index (κ1) is 20.9. The maximum atomic E-state index is 5.25. The summed E-state index contributed by atoms with van der Waals surface area (Å²) in [5.74, 6) is 1.41. The van der Waals surface area contributed by atoms with Crippen LogP contribution in [-0.4, -0.2) is 42.1 Å². The fourth-order valence-electron chi connectivity index (χ4n) is 4.14. The lowest BCUT2D eigenvalue weighted by Crippen LogP contribution is -1.92. The minimum absolute atomic E-state index is 0.608. The van der Waals surface area contributed by atoms with Gasteiger partial charge in [0, 0.05) is 16.5 Å². The molecule has 0 unspecified atom stereocenters. The second kappa shape index (κ2) is 8.36. The highest BCUT2D eigenvalue weighted by Crippen LogP contribution is 2.36. The van der Waals surface area contributed by atoms with Gasteiger partial charge >= 0.3 is 0 Å². The maximum absolute atomic E-state index is 5.25. The molecule has 0 saturated heterocycles. The fraction of sp³-hybridized carbons (Fsp3) is 0.0385. The van der Waals surface area contributed by atoms with Gasteiger partial charge in [0.05, 0.1) is 28.9 Å². The van der Waals surface area contributed by atoms with Gasteiger partial charge < -0.3 is 4.74 Å². The number of methoxy groups -OCH3 is 1. The molecule has 0 aliphatic heterocycles. The monoisotopic (exact) mass is 507 g/mol. The molecule has 7 rings (SSSR count). The number of aromatic amines is 1. The third-order valence-electron chi connectivity index (χ3n) is 5.92. The Hall–Kier alpha value is -4.41. The number of pyridine rings is 1. The van der Waals surface area contributed by atoms with Crippen LogP contribution in [0.1, 0.15) is 0 Å². The predicted octanol–water partition coefficient (Wildman–Crippen LogP) is 6.20. The van der Waals surface area contributed by atoms with Gasteiger partial charge in [-0.05, 0) is 53.9 Å². The first-order valence-electron chi connectivity index (χ1n) is 11.1. The van der Waals surface area contributed by atoms with E-state index in [1.54, 1.807) is 23.0 Å². The molecule has 0 radical (unpaired) electrons. The van der Waals surface area contributed by atoms with E-state index in [1.165, 1.54) is 11.3 Å². The largest absolute Gasteiger partial charge is 0.497 e. The third-order valence-corrected chi connectivity index (χ3v) is 7.74. The number of hydrogen-bond acceptors (Lipinski definition) is 8. The summed E-state index contributed by atoms with van der Waals surface area (Å²) in [7, 11) is 1.65. The molecule has 0 atom stereocenters. The molecule has 0 fully saturated rings. The van der Waals surface area contributed by atoms with Gasteiger partial charge in [-0.2, -0.15) is 14.7 Å². The van der Waals surface area contributed by atoms with E-state index in [-0.39, 0.29) is 0 Å². The van der Waals surface area contributed by atoms with Gasteiger partial charge in [-0.25, -0.2) is 4.98 Å². The molecule has 2 aromatic carbocycles. The molecule has 0 aliphatic rings. The van der Waals surface area contributed by atoms with Crippen LogP contribution in [0.4, 0.5) is 0 Å². The summed E-state index contributed by atoms with van der Waals surface area (Å²) in [4.78, 5) is 6.71. The number of ether oxygens (including phenoxy) is 1. The summed E-state index contributed by atoms with van der Waals surface area (Å²) in [5, 5.41) is 25.2. The molecule has 0 aliphatic carbocycles. The Morgan fingerprint density at radius 3 is 2.64 bits per heavy atom. The molecular weight excluding hydrogens is 490 g/mol.